The van der Waals surface area contributed by atoms with Crippen LogP contribution in [0.1, 0.15) is 32.1 Å². The standard InChI is InChI=1S/C11H22N2O/c1-14-9-6-11(12)4-7-13(8-5-11)10-2-3-10/h10H,2-9,12H2,1H3. The van der Waals surface area contributed by atoms with Crippen LogP contribution in [0.25, 0.3) is 0 Å². The first-order valence-corrected chi connectivity index (χ1v) is 5.75. The Kier molecular flexibility index (Phi) is 3.10. The third-order valence-corrected chi connectivity index (χ3v) is 3.66. The van der Waals surface area contributed by atoms with Gasteiger partial charge < -0.3 is 15.4 Å². The molecular formula is C11H22N2O. The number of ether oxygens (including phenoxy) is 1. The summed E-state index contributed by atoms with van der Waals surface area (Å²) in [5.41, 5.74) is 6.38. The Labute approximate surface area is 86.6 Å². The van der Waals surface area contributed by atoms with Gasteiger partial charge in [0.25, 0.3) is 0 Å². The third-order valence-electron chi connectivity index (χ3n) is 3.66. The van der Waals surface area contributed by atoms with Gasteiger partial charge in [0, 0.05) is 38.4 Å². The van der Waals surface area contributed by atoms with Crippen molar-refractivity contribution in [2.75, 3.05) is 26.8 Å². The summed E-state index contributed by atoms with van der Waals surface area (Å²) in [5, 5.41) is 0. The number of likely N-dealkylation sites (tertiary alicyclic amines) is 1. The van der Waals surface area contributed by atoms with Crippen LogP contribution < -0.4 is 5.73 Å². The maximum atomic E-state index is 6.32. The quantitative estimate of drug-likeness (QED) is 0.732. The fourth-order valence-electron chi connectivity index (χ4n) is 2.33. The van der Waals surface area contributed by atoms with E-state index in [0.717, 1.165) is 31.9 Å². The van der Waals surface area contributed by atoms with Gasteiger partial charge in [0.2, 0.25) is 0 Å². The Balaban J connectivity index is 1.75. The summed E-state index contributed by atoms with van der Waals surface area (Å²) in [4.78, 5) is 2.61. The van der Waals surface area contributed by atoms with Crippen LogP contribution in [0.15, 0.2) is 0 Å². The Hall–Kier alpha value is -0.120. The van der Waals surface area contributed by atoms with Gasteiger partial charge in [-0.05, 0) is 32.1 Å². The van der Waals surface area contributed by atoms with Crippen LogP contribution in [0.5, 0.6) is 0 Å². The monoisotopic (exact) mass is 198 g/mol. The van der Waals surface area contributed by atoms with Crippen molar-refractivity contribution in [3.8, 4) is 0 Å². The summed E-state index contributed by atoms with van der Waals surface area (Å²) in [6, 6.07) is 0.905. The van der Waals surface area contributed by atoms with E-state index < -0.39 is 0 Å². The summed E-state index contributed by atoms with van der Waals surface area (Å²) in [7, 11) is 1.75. The lowest BCUT2D eigenvalue weighted by Gasteiger charge is -2.39. The maximum absolute atomic E-state index is 6.32. The molecule has 0 radical (unpaired) electrons. The molecule has 0 amide bonds. The van der Waals surface area contributed by atoms with E-state index in [1.807, 2.05) is 0 Å². The van der Waals surface area contributed by atoms with Crippen molar-refractivity contribution in [1.82, 2.24) is 4.90 Å². The highest BCUT2D eigenvalue weighted by Crippen LogP contribution is 2.32. The Morgan fingerprint density at radius 1 is 1.36 bits per heavy atom. The zero-order chi connectivity index (χ0) is 10.0. The number of piperidine rings is 1. The molecule has 3 heteroatoms. The Bertz CT molecular complexity index is 184. The van der Waals surface area contributed by atoms with Gasteiger partial charge in [0.05, 0.1) is 0 Å². The molecule has 2 N–H and O–H groups in total. The second kappa shape index (κ2) is 4.17. The van der Waals surface area contributed by atoms with Crippen molar-refractivity contribution < 1.29 is 4.74 Å². The van der Waals surface area contributed by atoms with Crippen molar-refractivity contribution >= 4 is 0 Å². The smallest absolute Gasteiger partial charge is 0.0479 e. The fraction of sp³-hybridized carbons (Fsp3) is 1.00. The molecule has 0 spiro atoms. The molecule has 0 aromatic rings. The SMILES string of the molecule is COCCC1(N)CCN(C2CC2)CC1. The van der Waals surface area contributed by atoms with Gasteiger partial charge in [0.1, 0.15) is 0 Å². The van der Waals surface area contributed by atoms with Crippen molar-refractivity contribution in [3.05, 3.63) is 0 Å². The van der Waals surface area contributed by atoms with Crippen molar-refractivity contribution in [1.29, 1.82) is 0 Å². The van der Waals surface area contributed by atoms with Crippen LogP contribution in [0.4, 0.5) is 0 Å². The molecule has 1 aliphatic heterocycles. The lowest BCUT2D eigenvalue weighted by atomic mass is 9.86. The van der Waals surface area contributed by atoms with Gasteiger partial charge in [0.15, 0.2) is 0 Å². The molecule has 14 heavy (non-hydrogen) atoms. The number of rotatable bonds is 4. The minimum atomic E-state index is 0.0569. The van der Waals surface area contributed by atoms with Crippen LogP contribution in [0.2, 0.25) is 0 Å². The topological polar surface area (TPSA) is 38.5 Å². The highest BCUT2D eigenvalue weighted by Gasteiger charge is 2.36. The van der Waals surface area contributed by atoms with Crippen LogP contribution in [0.3, 0.4) is 0 Å². The highest BCUT2D eigenvalue weighted by atomic mass is 16.5. The molecule has 1 saturated heterocycles. The van der Waals surface area contributed by atoms with Crippen molar-refractivity contribution in [2.24, 2.45) is 5.73 Å². The Morgan fingerprint density at radius 3 is 2.50 bits per heavy atom. The maximum Gasteiger partial charge on any atom is 0.0479 e. The van der Waals surface area contributed by atoms with E-state index in [1.54, 1.807) is 7.11 Å². The molecule has 0 unspecified atom stereocenters. The van der Waals surface area contributed by atoms with Gasteiger partial charge in [-0.2, -0.15) is 0 Å². The second-order valence-electron chi connectivity index (χ2n) is 4.87. The number of hydrogen-bond acceptors (Lipinski definition) is 3. The molecule has 0 aromatic carbocycles. The summed E-state index contributed by atoms with van der Waals surface area (Å²) >= 11 is 0. The minimum Gasteiger partial charge on any atom is -0.385 e. The van der Waals surface area contributed by atoms with E-state index in [4.69, 9.17) is 10.5 Å². The zero-order valence-electron chi connectivity index (χ0n) is 9.17. The number of nitrogens with two attached hydrogens (primary N) is 1. The normalized spacial score (nSPS) is 27.9. The molecule has 0 bridgehead atoms. The van der Waals surface area contributed by atoms with Crippen molar-refractivity contribution in [3.63, 3.8) is 0 Å². The van der Waals surface area contributed by atoms with E-state index in [9.17, 15) is 0 Å². The van der Waals surface area contributed by atoms with Gasteiger partial charge in [-0.15, -0.1) is 0 Å². The highest BCUT2D eigenvalue weighted by molar-refractivity contribution is 4.94. The summed E-state index contributed by atoms with van der Waals surface area (Å²) in [6.07, 6.45) is 6.13. The van der Waals surface area contributed by atoms with Crippen LogP contribution in [0, 0.1) is 0 Å². The molecule has 0 aromatic heterocycles. The number of hydrogen-bond donors (Lipinski definition) is 1. The average molecular weight is 198 g/mol. The van der Waals surface area contributed by atoms with Crippen LogP contribution in [-0.4, -0.2) is 43.3 Å². The Morgan fingerprint density at radius 2 is 2.00 bits per heavy atom. The first-order chi connectivity index (χ1) is 6.73. The predicted octanol–water partition coefficient (Wildman–Crippen LogP) is 0.979. The van der Waals surface area contributed by atoms with E-state index in [0.29, 0.717) is 0 Å². The molecule has 2 aliphatic rings. The number of methoxy groups -OCH3 is 1. The lowest BCUT2D eigenvalue weighted by Crippen LogP contribution is -2.51. The predicted molar refractivity (Wildman–Crippen MR) is 57.2 cm³/mol. The lowest BCUT2D eigenvalue weighted by molar-refractivity contribution is 0.113. The molecule has 2 fully saturated rings. The zero-order valence-corrected chi connectivity index (χ0v) is 9.17. The average Bonchev–Trinajstić information content (AvgIpc) is 3.00. The van der Waals surface area contributed by atoms with E-state index in [2.05, 4.69) is 4.90 Å². The largest absolute Gasteiger partial charge is 0.385 e. The van der Waals surface area contributed by atoms with Gasteiger partial charge >= 0.3 is 0 Å². The molecule has 3 nitrogen and oxygen atoms in total. The van der Waals surface area contributed by atoms with Gasteiger partial charge in [-0.1, -0.05) is 0 Å². The van der Waals surface area contributed by atoms with E-state index in [1.165, 1.54) is 25.9 Å². The van der Waals surface area contributed by atoms with Crippen LogP contribution >= 0.6 is 0 Å². The van der Waals surface area contributed by atoms with E-state index in [-0.39, 0.29) is 5.54 Å². The summed E-state index contributed by atoms with van der Waals surface area (Å²) < 4.78 is 5.10. The third kappa shape index (κ3) is 2.47. The first-order valence-electron chi connectivity index (χ1n) is 5.75. The first kappa shape index (κ1) is 10.4. The van der Waals surface area contributed by atoms with Crippen LogP contribution in [-0.2, 0) is 4.74 Å². The van der Waals surface area contributed by atoms with Gasteiger partial charge in [-0.3, -0.25) is 0 Å². The number of nitrogens with zero attached hydrogens (tertiary/aromatic N) is 1. The molecule has 82 valence electrons. The molecule has 0 atom stereocenters. The fourth-order valence-corrected chi connectivity index (χ4v) is 2.33. The summed E-state index contributed by atoms with van der Waals surface area (Å²) in [6.45, 7) is 3.20. The van der Waals surface area contributed by atoms with Gasteiger partial charge in [-0.25, -0.2) is 0 Å². The minimum absolute atomic E-state index is 0.0569. The van der Waals surface area contributed by atoms with E-state index >= 15 is 0 Å². The second-order valence-corrected chi connectivity index (χ2v) is 4.87. The van der Waals surface area contributed by atoms with Crippen molar-refractivity contribution in [2.45, 2.75) is 43.7 Å². The molecule has 1 saturated carbocycles. The summed E-state index contributed by atoms with van der Waals surface area (Å²) in [5.74, 6) is 0. The molecule has 1 heterocycles. The molecular weight excluding hydrogens is 176 g/mol. The molecule has 1 aliphatic carbocycles. The molecule has 2 rings (SSSR count).